The summed E-state index contributed by atoms with van der Waals surface area (Å²) in [5.41, 5.74) is 28.3. The van der Waals surface area contributed by atoms with Crippen molar-refractivity contribution in [3.05, 3.63) is 122 Å². The summed E-state index contributed by atoms with van der Waals surface area (Å²) in [6.07, 6.45) is 0. The summed E-state index contributed by atoms with van der Waals surface area (Å²) >= 11 is 0. The molecule has 4 bridgehead atoms. The molecular weight excluding hydrogens is 687 g/mol. The van der Waals surface area contributed by atoms with Crippen LogP contribution in [0.1, 0.15) is 128 Å². The number of benzene rings is 4. The van der Waals surface area contributed by atoms with Gasteiger partial charge in [-0.25, -0.2) is 30.0 Å². The largest absolute Gasteiger partial charge is 0.295 e. The lowest BCUT2D eigenvalue weighted by Crippen LogP contribution is -2.24. The molecule has 10 rings (SSSR count). The third-order valence-electron chi connectivity index (χ3n) is 15.1. The number of amidine groups is 4. The Balaban J connectivity index is 1.50. The van der Waals surface area contributed by atoms with Crippen molar-refractivity contribution in [1.29, 1.82) is 0 Å². The smallest absolute Gasteiger partial charge is 0.165 e. The zero-order valence-corrected chi connectivity index (χ0v) is 35.7. The van der Waals surface area contributed by atoms with E-state index in [1.54, 1.807) is 0 Å². The summed E-state index contributed by atoms with van der Waals surface area (Å²) in [6.45, 7) is 35.7. The van der Waals surface area contributed by atoms with E-state index in [1.807, 2.05) is 0 Å². The van der Waals surface area contributed by atoms with Crippen molar-refractivity contribution in [3.63, 3.8) is 0 Å². The average molecular weight is 736 g/mol. The third kappa shape index (κ3) is 3.94. The summed E-state index contributed by atoms with van der Waals surface area (Å²) in [7, 11) is 0. The molecular formula is C49H49N7. The molecule has 4 aliphatic heterocycles. The Kier molecular flexibility index (Phi) is 6.89. The Labute approximate surface area is 329 Å². The Morgan fingerprint density at radius 3 is 0.821 bits per heavy atom. The van der Waals surface area contributed by atoms with Gasteiger partial charge in [0, 0.05) is 44.2 Å². The first-order chi connectivity index (χ1) is 26.5. The number of hydrogen-bond acceptors (Lipinski definition) is 6. The van der Waals surface area contributed by atoms with Gasteiger partial charge in [0.05, 0.1) is 11.4 Å². The van der Waals surface area contributed by atoms with Crippen LogP contribution in [0.4, 0.5) is 11.6 Å². The summed E-state index contributed by atoms with van der Waals surface area (Å²) in [6, 6.07) is -0.425. The quantitative estimate of drug-likeness (QED) is 0.152. The van der Waals surface area contributed by atoms with E-state index >= 15 is 0 Å². The SMILES string of the molecule is Cc1c(C)c(C)c2c(c1C)C1=NC2=Nc2c3c(C)c(C)c(C)c(C)c3c3n2C2C(=N1)c1c(C)c(C)c(C)c(C)c1C2=NC1=NC(=N3)c2c(C)c(C)c(C)c(C)c21. The molecule has 1 aliphatic carbocycles. The lowest BCUT2D eigenvalue weighted by molar-refractivity contribution is 0.814. The van der Waals surface area contributed by atoms with Crippen LogP contribution < -0.4 is 0 Å². The second-order valence-corrected chi connectivity index (χ2v) is 17.2. The van der Waals surface area contributed by atoms with Crippen LogP contribution in [0.25, 0.3) is 10.8 Å². The maximum atomic E-state index is 5.78. The Morgan fingerprint density at radius 2 is 0.518 bits per heavy atom. The highest BCUT2D eigenvalue weighted by Gasteiger charge is 2.46. The van der Waals surface area contributed by atoms with Crippen molar-refractivity contribution in [1.82, 2.24) is 4.57 Å². The van der Waals surface area contributed by atoms with Crippen molar-refractivity contribution < 1.29 is 0 Å². The highest BCUT2D eigenvalue weighted by atomic mass is 15.2. The van der Waals surface area contributed by atoms with Gasteiger partial charge < -0.3 is 0 Å². The molecule has 0 atom stereocenters. The van der Waals surface area contributed by atoms with Gasteiger partial charge in [0.1, 0.15) is 17.7 Å². The zero-order chi connectivity index (χ0) is 39.9. The maximum absolute atomic E-state index is 5.78. The molecule has 0 saturated heterocycles. The van der Waals surface area contributed by atoms with Gasteiger partial charge in [0.15, 0.2) is 23.3 Å². The van der Waals surface area contributed by atoms with Crippen LogP contribution in [0.5, 0.6) is 0 Å². The van der Waals surface area contributed by atoms with E-state index in [1.165, 1.54) is 89.0 Å². The van der Waals surface area contributed by atoms with Gasteiger partial charge in [-0.05, 0) is 200 Å². The molecule has 5 aromatic rings. The van der Waals surface area contributed by atoms with Gasteiger partial charge in [-0.15, -0.1) is 0 Å². The average Bonchev–Trinajstić information content (AvgIpc) is 3.91. The van der Waals surface area contributed by atoms with Gasteiger partial charge in [-0.3, -0.25) is 4.57 Å². The molecule has 0 amide bonds. The van der Waals surface area contributed by atoms with Crippen molar-refractivity contribution in [2.45, 2.75) is 117 Å². The van der Waals surface area contributed by atoms with E-state index in [0.29, 0.717) is 11.7 Å². The van der Waals surface area contributed by atoms with Crippen LogP contribution in [-0.4, -0.2) is 39.3 Å². The third-order valence-corrected chi connectivity index (χ3v) is 15.1. The topological polar surface area (TPSA) is 79.1 Å². The molecule has 0 saturated carbocycles. The van der Waals surface area contributed by atoms with Crippen molar-refractivity contribution in [2.24, 2.45) is 30.0 Å². The molecule has 0 fully saturated rings. The molecule has 5 heterocycles. The molecule has 0 unspecified atom stereocenters. The summed E-state index contributed by atoms with van der Waals surface area (Å²) in [5, 5.41) is 2.21. The Morgan fingerprint density at radius 1 is 0.268 bits per heavy atom. The van der Waals surface area contributed by atoms with Gasteiger partial charge in [0.2, 0.25) is 0 Å². The highest BCUT2D eigenvalue weighted by Crippen LogP contribution is 2.52. The van der Waals surface area contributed by atoms with E-state index in [2.05, 4.69) is 115 Å². The Bertz CT molecular complexity index is 2850. The molecule has 7 nitrogen and oxygen atoms in total. The van der Waals surface area contributed by atoms with Crippen molar-refractivity contribution in [3.8, 4) is 0 Å². The number of aryl methyl sites for hydroxylation is 2. The number of nitrogens with zero attached hydrogens (tertiary/aromatic N) is 7. The minimum absolute atomic E-state index is 0.425. The predicted molar refractivity (Wildman–Crippen MR) is 235 cm³/mol. The molecule has 280 valence electrons. The maximum Gasteiger partial charge on any atom is 0.165 e. The zero-order valence-electron chi connectivity index (χ0n) is 35.7. The highest BCUT2D eigenvalue weighted by molar-refractivity contribution is 6.40. The Hall–Kier alpha value is -5.56. The second-order valence-electron chi connectivity index (χ2n) is 17.2. The molecule has 7 heteroatoms. The van der Waals surface area contributed by atoms with E-state index in [4.69, 9.17) is 30.0 Å². The fourth-order valence-electron chi connectivity index (χ4n) is 10.4. The van der Waals surface area contributed by atoms with Crippen molar-refractivity contribution in [2.75, 3.05) is 0 Å². The standard InChI is InChI=1S/C49H49N7/c1-17-18(2)26(10)34-33(25(17)9)41-43-42(34)51-45-36-28(12)20(4)22(6)30(14)38(36)47(53-45)55-49-40-32(16)24(8)23(7)31(15)39(40)48(56(43)49)54-46-37-29(13)21(5)19(3)27(11)35(37)44(50-41)52-46/h43H,1-16H3. The lowest BCUT2D eigenvalue weighted by atomic mass is 9.88. The monoisotopic (exact) mass is 735 g/mol. The molecule has 0 N–H and O–H groups in total. The molecule has 0 spiro atoms. The first kappa shape index (κ1) is 34.9. The van der Waals surface area contributed by atoms with E-state index in [9.17, 15) is 0 Å². The van der Waals surface area contributed by atoms with Crippen LogP contribution in [-0.2, 0) is 0 Å². The van der Waals surface area contributed by atoms with E-state index in [-0.39, 0.29) is 0 Å². The van der Waals surface area contributed by atoms with Gasteiger partial charge >= 0.3 is 0 Å². The molecule has 1 aromatic heterocycles. The molecule has 0 radical (unpaired) electrons. The number of aliphatic imine (C=N–C) groups is 6. The predicted octanol–water partition coefficient (Wildman–Crippen LogP) is 11.1. The minimum Gasteiger partial charge on any atom is -0.295 e. The van der Waals surface area contributed by atoms with E-state index < -0.39 is 6.04 Å². The first-order valence-corrected chi connectivity index (χ1v) is 20.0. The van der Waals surface area contributed by atoms with Crippen LogP contribution in [0.2, 0.25) is 0 Å². The minimum atomic E-state index is -0.425. The fraction of sp³-hybridized carbons (Fsp3) is 0.347. The summed E-state index contributed by atoms with van der Waals surface area (Å²) < 4.78 is 2.38. The first-order valence-electron chi connectivity index (χ1n) is 20.0. The van der Waals surface area contributed by atoms with Crippen LogP contribution in [0, 0.1) is 111 Å². The second kappa shape index (κ2) is 11.1. The number of rotatable bonds is 0. The molecule has 5 aliphatic rings. The van der Waals surface area contributed by atoms with Crippen LogP contribution in [0.3, 0.4) is 0 Å². The molecule has 4 aromatic carbocycles. The lowest BCUT2D eigenvalue weighted by Gasteiger charge is -2.22. The van der Waals surface area contributed by atoms with Gasteiger partial charge in [-0.2, -0.15) is 0 Å². The number of hydrogen-bond donors (Lipinski definition) is 0. The fourth-order valence-corrected chi connectivity index (χ4v) is 10.4. The van der Waals surface area contributed by atoms with E-state index in [0.717, 1.165) is 78.9 Å². The van der Waals surface area contributed by atoms with Gasteiger partial charge in [0.25, 0.3) is 0 Å². The van der Waals surface area contributed by atoms with Gasteiger partial charge in [-0.1, -0.05) is 0 Å². The summed E-state index contributed by atoms with van der Waals surface area (Å²) in [4.78, 5) is 33.9. The normalized spacial score (nSPS) is 17.0. The van der Waals surface area contributed by atoms with Crippen molar-refractivity contribution >= 4 is 57.2 Å². The number of fused-ring (bicyclic) bond motifs is 14. The number of aromatic nitrogens is 1. The van der Waals surface area contributed by atoms with Crippen LogP contribution in [0.15, 0.2) is 30.0 Å². The van der Waals surface area contributed by atoms with Crippen LogP contribution >= 0.6 is 0 Å². The molecule has 56 heavy (non-hydrogen) atoms. The summed E-state index contributed by atoms with van der Waals surface area (Å²) in [5.74, 6) is 4.58.